The quantitative estimate of drug-likeness (QED) is 0.879. The van der Waals surface area contributed by atoms with Gasteiger partial charge in [0.1, 0.15) is 0 Å². The second-order valence-corrected chi connectivity index (χ2v) is 5.21. The Morgan fingerprint density at radius 2 is 2.17 bits per heavy atom. The molecule has 3 nitrogen and oxygen atoms in total. The predicted octanol–water partition coefficient (Wildman–Crippen LogP) is 2.49. The molecule has 4 heteroatoms. The van der Waals surface area contributed by atoms with Crippen molar-refractivity contribution in [3.05, 3.63) is 34.9 Å². The van der Waals surface area contributed by atoms with E-state index in [9.17, 15) is 4.79 Å². The molecule has 1 amide bonds. The number of halogens is 1. The number of carbonyl (C=O) groups excluding carboxylic acids is 1. The van der Waals surface area contributed by atoms with E-state index >= 15 is 0 Å². The molecule has 1 aliphatic heterocycles. The molecule has 0 saturated carbocycles. The monoisotopic (exact) mass is 266 g/mol. The zero-order chi connectivity index (χ0) is 13.0. The fourth-order valence-electron chi connectivity index (χ4n) is 2.42. The summed E-state index contributed by atoms with van der Waals surface area (Å²) in [6.45, 7) is 3.54. The first-order valence-corrected chi connectivity index (χ1v) is 6.82. The molecule has 0 radical (unpaired) electrons. The van der Waals surface area contributed by atoms with Crippen LogP contribution in [0.4, 0.5) is 0 Å². The average molecular weight is 267 g/mol. The summed E-state index contributed by atoms with van der Waals surface area (Å²) in [5, 5.41) is 7.05. The van der Waals surface area contributed by atoms with Crippen molar-refractivity contribution in [3.8, 4) is 0 Å². The Labute approximate surface area is 113 Å². The molecule has 1 aromatic rings. The van der Waals surface area contributed by atoms with E-state index in [-0.39, 0.29) is 11.4 Å². The number of rotatable bonds is 4. The maximum atomic E-state index is 12.2. The number of amides is 1. The molecule has 0 aliphatic carbocycles. The van der Waals surface area contributed by atoms with Gasteiger partial charge in [0.15, 0.2) is 0 Å². The molecule has 1 fully saturated rings. The van der Waals surface area contributed by atoms with Crippen LogP contribution in [-0.4, -0.2) is 18.0 Å². The second-order valence-electron chi connectivity index (χ2n) is 4.78. The summed E-state index contributed by atoms with van der Waals surface area (Å²) >= 11 is 5.83. The van der Waals surface area contributed by atoms with E-state index < -0.39 is 0 Å². The molecule has 0 aromatic heterocycles. The number of carbonyl (C=O) groups is 1. The first-order chi connectivity index (χ1) is 8.66. The third kappa shape index (κ3) is 2.85. The fourth-order valence-corrected chi connectivity index (χ4v) is 2.54. The Morgan fingerprint density at radius 3 is 2.72 bits per heavy atom. The van der Waals surface area contributed by atoms with Crippen molar-refractivity contribution in [1.82, 2.24) is 10.6 Å². The van der Waals surface area contributed by atoms with Gasteiger partial charge in [-0.3, -0.25) is 4.79 Å². The van der Waals surface area contributed by atoms with Gasteiger partial charge in [0.25, 0.3) is 0 Å². The molecule has 1 heterocycles. The molecule has 1 unspecified atom stereocenters. The molecule has 2 N–H and O–H groups in total. The lowest BCUT2D eigenvalue weighted by Gasteiger charge is -2.26. The largest absolute Gasteiger partial charge is 0.350 e. The summed E-state index contributed by atoms with van der Waals surface area (Å²) in [5.74, 6) is 0.109. The van der Waals surface area contributed by atoms with Crippen LogP contribution in [0.25, 0.3) is 0 Å². The average Bonchev–Trinajstić information content (AvgIpc) is 2.88. The minimum absolute atomic E-state index is 0.109. The van der Waals surface area contributed by atoms with Crippen molar-refractivity contribution in [1.29, 1.82) is 0 Å². The summed E-state index contributed by atoms with van der Waals surface area (Å²) in [7, 11) is 0. The van der Waals surface area contributed by atoms with Gasteiger partial charge in [-0.1, -0.05) is 30.7 Å². The lowest BCUT2D eigenvalue weighted by molar-refractivity contribution is -0.127. The van der Waals surface area contributed by atoms with E-state index in [1.807, 2.05) is 24.3 Å². The van der Waals surface area contributed by atoms with E-state index in [1.54, 1.807) is 0 Å². The number of benzene rings is 1. The van der Waals surface area contributed by atoms with Gasteiger partial charge in [-0.15, -0.1) is 0 Å². The van der Waals surface area contributed by atoms with Crippen LogP contribution in [0.2, 0.25) is 5.02 Å². The molecule has 1 atom stereocenters. The second kappa shape index (κ2) is 5.72. The molecule has 0 bridgehead atoms. The molecule has 98 valence electrons. The summed E-state index contributed by atoms with van der Waals surface area (Å²) in [6, 6.07) is 7.55. The molecule has 0 spiro atoms. The van der Waals surface area contributed by atoms with Gasteiger partial charge in [-0.2, -0.15) is 0 Å². The summed E-state index contributed by atoms with van der Waals surface area (Å²) in [5.41, 5.74) is 0.712. The zero-order valence-corrected chi connectivity index (χ0v) is 11.4. The third-order valence-electron chi connectivity index (χ3n) is 3.65. The van der Waals surface area contributed by atoms with Crippen molar-refractivity contribution < 1.29 is 4.79 Å². The standard InChI is InChI=1S/C14H19ClN2O/c1-2-14(8-3-9-17-14)13(18)16-10-11-4-6-12(15)7-5-11/h4-7,17H,2-3,8-10H2,1H3,(H,16,18). The van der Waals surface area contributed by atoms with E-state index in [1.165, 1.54) is 0 Å². The third-order valence-corrected chi connectivity index (χ3v) is 3.90. The van der Waals surface area contributed by atoms with Crippen LogP contribution in [0.1, 0.15) is 31.7 Å². The maximum Gasteiger partial charge on any atom is 0.240 e. The lowest BCUT2D eigenvalue weighted by atomic mass is 9.93. The molecular weight excluding hydrogens is 248 g/mol. The van der Waals surface area contributed by atoms with Crippen LogP contribution in [0.15, 0.2) is 24.3 Å². The number of hydrogen-bond acceptors (Lipinski definition) is 2. The van der Waals surface area contributed by atoms with E-state index in [0.717, 1.165) is 31.4 Å². The van der Waals surface area contributed by atoms with Crippen molar-refractivity contribution >= 4 is 17.5 Å². The Hall–Kier alpha value is -1.06. The normalized spacial score (nSPS) is 23.0. The first-order valence-electron chi connectivity index (χ1n) is 6.44. The molecule has 1 saturated heterocycles. The van der Waals surface area contributed by atoms with E-state index in [2.05, 4.69) is 17.6 Å². The molecule has 18 heavy (non-hydrogen) atoms. The van der Waals surface area contributed by atoms with Crippen LogP contribution in [0.3, 0.4) is 0 Å². The van der Waals surface area contributed by atoms with Gasteiger partial charge >= 0.3 is 0 Å². The molecular formula is C14H19ClN2O. The van der Waals surface area contributed by atoms with Crippen LogP contribution in [0.5, 0.6) is 0 Å². The summed E-state index contributed by atoms with van der Waals surface area (Å²) < 4.78 is 0. The van der Waals surface area contributed by atoms with Gasteiger partial charge in [0.05, 0.1) is 5.54 Å². The maximum absolute atomic E-state index is 12.2. The Balaban J connectivity index is 1.93. The highest BCUT2D eigenvalue weighted by Crippen LogP contribution is 2.23. The van der Waals surface area contributed by atoms with Gasteiger partial charge in [-0.05, 0) is 43.5 Å². The topological polar surface area (TPSA) is 41.1 Å². The number of hydrogen-bond donors (Lipinski definition) is 2. The van der Waals surface area contributed by atoms with Crippen molar-refractivity contribution in [2.75, 3.05) is 6.54 Å². The molecule has 2 rings (SSSR count). The van der Waals surface area contributed by atoms with Crippen molar-refractivity contribution in [3.63, 3.8) is 0 Å². The Kier molecular flexibility index (Phi) is 4.25. The zero-order valence-electron chi connectivity index (χ0n) is 10.6. The van der Waals surface area contributed by atoms with Gasteiger partial charge in [0, 0.05) is 11.6 Å². The minimum Gasteiger partial charge on any atom is -0.350 e. The highest BCUT2D eigenvalue weighted by atomic mass is 35.5. The van der Waals surface area contributed by atoms with Crippen LogP contribution in [-0.2, 0) is 11.3 Å². The van der Waals surface area contributed by atoms with E-state index in [0.29, 0.717) is 11.6 Å². The Morgan fingerprint density at radius 1 is 1.44 bits per heavy atom. The van der Waals surface area contributed by atoms with Crippen molar-refractivity contribution in [2.45, 2.75) is 38.3 Å². The highest BCUT2D eigenvalue weighted by Gasteiger charge is 2.38. The SMILES string of the molecule is CCC1(C(=O)NCc2ccc(Cl)cc2)CCCN1. The van der Waals surface area contributed by atoms with E-state index in [4.69, 9.17) is 11.6 Å². The Bertz CT molecular complexity index is 410. The van der Waals surface area contributed by atoms with Crippen molar-refractivity contribution in [2.24, 2.45) is 0 Å². The summed E-state index contributed by atoms with van der Waals surface area (Å²) in [6.07, 6.45) is 2.83. The lowest BCUT2D eigenvalue weighted by Crippen LogP contribution is -2.52. The first kappa shape index (κ1) is 13.4. The number of nitrogens with one attached hydrogen (secondary N) is 2. The van der Waals surface area contributed by atoms with Crippen LogP contribution < -0.4 is 10.6 Å². The van der Waals surface area contributed by atoms with Gasteiger partial charge < -0.3 is 10.6 Å². The van der Waals surface area contributed by atoms with Gasteiger partial charge in [-0.25, -0.2) is 0 Å². The smallest absolute Gasteiger partial charge is 0.240 e. The van der Waals surface area contributed by atoms with Gasteiger partial charge in [0.2, 0.25) is 5.91 Å². The fraction of sp³-hybridized carbons (Fsp3) is 0.500. The summed E-state index contributed by atoms with van der Waals surface area (Å²) in [4.78, 5) is 12.2. The predicted molar refractivity (Wildman–Crippen MR) is 73.6 cm³/mol. The molecule has 1 aliphatic rings. The highest BCUT2D eigenvalue weighted by molar-refractivity contribution is 6.30. The molecule has 1 aromatic carbocycles. The van der Waals surface area contributed by atoms with Crippen LogP contribution >= 0.6 is 11.6 Å². The minimum atomic E-state index is -0.355. The van der Waals surface area contributed by atoms with Crippen LogP contribution in [0, 0.1) is 0 Å².